The standard InChI is InChI=1S/C14H22N4O/c1-6-15-7-13-9(2)16-18(11(13)4)8-14-10(3)17-19-12(14)5/h15H,6-8H2,1-5H3. The van der Waals surface area contributed by atoms with Gasteiger partial charge in [-0.1, -0.05) is 12.1 Å². The first kappa shape index (κ1) is 13.8. The van der Waals surface area contributed by atoms with Gasteiger partial charge >= 0.3 is 0 Å². The second-order valence-electron chi connectivity index (χ2n) is 4.89. The highest BCUT2D eigenvalue weighted by Gasteiger charge is 2.15. The first-order valence-electron chi connectivity index (χ1n) is 6.70. The van der Waals surface area contributed by atoms with E-state index in [0.717, 1.165) is 42.3 Å². The predicted octanol–water partition coefficient (Wildman–Crippen LogP) is 2.26. The van der Waals surface area contributed by atoms with E-state index in [1.807, 2.05) is 18.5 Å². The summed E-state index contributed by atoms with van der Waals surface area (Å²) in [5, 5.41) is 12.0. The molecular weight excluding hydrogens is 240 g/mol. The average Bonchev–Trinajstić information content (AvgIpc) is 2.82. The normalized spacial score (nSPS) is 11.2. The Hall–Kier alpha value is -1.62. The van der Waals surface area contributed by atoms with Crippen molar-refractivity contribution < 1.29 is 4.52 Å². The van der Waals surface area contributed by atoms with Crippen molar-refractivity contribution in [3.8, 4) is 0 Å². The largest absolute Gasteiger partial charge is 0.361 e. The van der Waals surface area contributed by atoms with Gasteiger partial charge in [-0.15, -0.1) is 0 Å². The minimum atomic E-state index is 0.722. The fourth-order valence-electron chi connectivity index (χ4n) is 2.27. The first-order chi connectivity index (χ1) is 9.04. The summed E-state index contributed by atoms with van der Waals surface area (Å²) < 4.78 is 7.24. The van der Waals surface area contributed by atoms with Gasteiger partial charge in [0.05, 0.1) is 17.9 Å². The molecule has 2 aromatic heterocycles. The van der Waals surface area contributed by atoms with Gasteiger partial charge in [0.1, 0.15) is 5.76 Å². The zero-order valence-electron chi connectivity index (χ0n) is 12.4. The van der Waals surface area contributed by atoms with Crippen LogP contribution in [0.3, 0.4) is 0 Å². The first-order valence-corrected chi connectivity index (χ1v) is 6.70. The summed E-state index contributed by atoms with van der Waals surface area (Å²) in [5.41, 5.74) is 5.65. The van der Waals surface area contributed by atoms with Crippen molar-refractivity contribution in [2.45, 2.75) is 47.7 Å². The van der Waals surface area contributed by atoms with E-state index in [-0.39, 0.29) is 0 Å². The fourth-order valence-corrected chi connectivity index (χ4v) is 2.27. The van der Waals surface area contributed by atoms with Gasteiger partial charge in [0.25, 0.3) is 0 Å². The molecule has 2 rings (SSSR count). The van der Waals surface area contributed by atoms with Crippen LogP contribution in [0.5, 0.6) is 0 Å². The van der Waals surface area contributed by atoms with E-state index >= 15 is 0 Å². The molecule has 0 amide bonds. The SMILES string of the molecule is CCNCc1c(C)nn(Cc2c(C)noc2C)c1C. The third kappa shape index (κ3) is 2.71. The summed E-state index contributed by atoms with van der Waals surface area (Å²) in [5.74, 6) is 0.873. The van der Waals surface area contributed by atoms with Crippen LogP contribution in [-0.2, 0) is 13.1 Å². The number of nitrogens with zero attached hydrogens (tertiary/aromatic N) is 3. The molecule has 0 atom stereocenters. The minimum Gasteiger partial charge on any atom is -0.361 e. The molecule has 5 heteroatoms. The molecule has 5 nitrogen and oxygen atoms in total. The average molecular weight is 262 g/mol. The molecule has 2 aromatic rings. The Morgan fingerprint density at radius 3 is 2.42 bits per heavy atom. The lowest BCUT2D eigenvalue weighted by Gasteiger charge is -2.05. The maximum absolute atomic E-state index is 5.21. The lowest BCUT2D eigenvalue weighted by molar-refractivity contribution is 0.391. The number of hydrogen-bond acceptors (Lipinski definition) is 4. The lowest BCUT2D eigenvalue weighted by Crippen LogP contribution is -2.13. The molecule has 0 spiro atoms. The number of hydrogen-bond donors (Lipinski definition) is 1. The van der Waals surface area contributed by atoms with E-state index in [1.165, 1.54) is 11.3 Å². The highest BCUT2D eigenvalue weighted by atomic mass is 16.5. The van der Waals surface area contributed by atoms with E-state index in [0.29, 0.717) is 0 Å². The summed E-state index contributed by atoms with van der Waals surface area (Å²) >= 11 is 0. The Balaban J connectivity index is 2.27. The Morgan fingerprint density at radius 2 is 1.84 bits per heavy atom. The van der Waals surface area contributed by atoms with E-state index in [9.17, 15) is 0 Å². The van der Waals surface area contributed by atoms with Gasteiger partial charge in [-0.05, 0) is 34.2 Å². The maximum atomic E-state index is 5.21. The summed E-state index contributed by atoms with van der Waals surface area (Å²) in [7, 11) is 0. The quantitative estimate of drug-likeness (QED) is 0.898. The fraction of sp³-hybridized carbons (Fsp3) is 0.571. The summed E-state index contributed by atoms with van der Waals surface area (Å²) in [4.78, 5) is 0. The number of aryl methyl sites for hydroxylation is 3. The van der Waals surface area contributed by atoms with Crippen LogP contribution in [0.25, 0.3) is 0 Å². The molecule has 0 bridgehead atoms. The molecule has 2 heterocycles. The van der Waals surface area contributed by atoms with E-state index in [2.05, 4.69) is 36.3 Å². The minimum absolute atomic E-state index is 0.722. The van der Waals surface area contributed by atoms with E-state index < -0.39 is 0 Å². The van der Waals surface area contributed by atoms with Crippen molar-refractivity contribution in [1.29, 1.82) is 0 Å². The summed E-state index contributed by atoms with van der Waals surface area (Å²) in [6, 6.07) is 0. The second kappa shape index (κ2) is 5.57. The number of rotatable bonds is 5. The van der Waals surface area contributed by atoms with Crippen LogP contribution in [0, 0.1) is 27.7 Å². The molecule has 0 radical (unpaired) electrons. The van der Waals surface area contributed by atoms with Crippen LogP contribution >= 0.6 is 0 Å². The van der Waals surface area contributed by atoms with Crippen molar-refractivity contribution in [3.05, 3.63) is 34.0 Å². The molecule has 104 valence electrons. The molecule has 0 fully saturated rings. The zero-order valence-corrected chi connectivity index (χ0v) is 12.4. The van der Waals surface area contributed by atoms with Crippen molar-refractivity contribution in [2.75, 3.05) is 6.54 Å². The Labute approximate surface area is 114 Å². The third-order valence-corrected chi connectivity index (χ3v) is 3.57. The molecule has 0 saturated carbocycles. The molecule has 19 heavy (non-hydrogen) atoms. The maximum Gasteiger partial charge on any atom is 0.138 e. The number of nitrogens with one attached hydrogen (secondary N) is 1. The molecule has 0 aromatic carbocycles. The van der Waals surface area contributed by atoms with Gasteiger partial charge in [-0.25, -0.2) is 0 Å². The van der Waals surface area contributed by atoms with Gasteiger partial charge < -0.3 is 9.84 Å². The van der Waals surface area contributed by atoms with Crippen LogP contribution in [0.15, 0.2) is 4.52 Å². The summed E-state index contributed by atoms with van der Waals surface area (Å²) in [6.07, 6.45) is 0. The zero-order chi connectivity index (χ0) is 14.0. The molecule has 1 N–H and O–H groups in total. The van der Waals surface area contributed by atoms with Gasteiger partial charge in [-0.3, -0.25) is 4.68 Å². The van der Waals surface area contributed by atoms with Crippen molar-refractivity contribution in [2.24, 2.45) is 0 Å². The smallest absolute Gasteiger partial charge is 0.138 e. The molecule has 0 saturated heterocycles. The molecular formula is C14H22N4O. The Morgan fingerprint density at radius 1 is 1.11 bits per heavy atom. The van der Waals surface area contributed by atoms with Crippen LogP contribution in [0.2, 0.25) is 0 Å². The van der Waals surface area contributed by atoms with Crippen molar-refractivity contribution >= 4 is 0 Å². The molecule has 0 aliphatic rings. The van der Waals surface area contributed by atoms with Crippen LogP contribution in [0.4, 0.5) is 0 Å². The number of aromatic nitrogens is 3. The highest BCUT2D eigenvalue weighted by molar-refractivity contribution is 5.27. The molecule has 0 aliphatic heterocycles. The monoisotopic (exact) mass is 262 g/mol. The van der Waals surface area contributed by atoms with Gasteiger partial charge in [0, 0.05) is 23.4 Å². The lowest BCUT2D eigenvalue weighted by atomic mass is 10.2. The molecule has 0 unspecified atom stereocenters. The summed E-state index contributed by atoms with van der Waals surface area (Å²) in [6.45, 7) is 12.8. The van der Waals surface area contributed by atoms with Gasteiger partial charge in [0.15, 0.2) is 0 Å². The topological polar surface area (TPSA) is 55.9 Å². The highest BCUT2D eigenvalue weighted by Crippen LogP contribution is 2.18. The third-order valence-electron chi connectivity index (χ3n) is 3.57. The van der Waals surface area contributed by atoms with Gasteiger partial charge in [0.2, 0.25) is 0 Å². The van der Waals surface area contributed by atoms with Crippen molar-refractivity contribution in [1.82, 2.24) is 20.3 Å². The van der Waals surface area contributed by atoms with Crippen molar-refractivity contribution in [3.63, 3.8) is 0 Å². The van der Waals surface area contributed by atoms with E-state index in [4.69, 9.17) is 4.52 Å². The van der Waals surface area contributed by atoms with Crippen LogP contribution in [-0.4, -0.2) is 21.5 Å². The van der Waals surface area contributed by atoms with Crippen LogP contribution in [0.1, 0.15) is 40.9 Å². The Bertz CT molecular complexity index is 549. The van der Waals surface area contributed by atoms with Gasteiger partial charge in [-0.2, -0.15) is 5.10 Å². The second-order valence-corrected chi connectivity index (χ2v) is 4.89. The predicted molar refractivity (Wildman–Crippen MR) is 74.2 cm³/mol. The molecule has 0 aliphatic carbocycles. The van der Waals surface area contributed by atoms with Crippen LogP contribution < -0.4 is 5.32 Å². The Kier molecular flexibility index (Phi) is 4.04. The van der Waals surface area contributed by atoms with E-state index in [1.54, 1.807) is 0 Å².